The summed E-state index contributed by atoms with van der Waals surface area (Å²) in [7, 11) is 0. The van der Waals surface area contributed by atoms with E-state index in [9.17, 15) is 9.90 Å². The Morgan fingerprint density at radius 3 is 2.43 bits per heavy atom. The van der Waals surface area contributed by atoms with Gasteiger partial charge in [-0.05, 0) is 26.3 Å². The van der Waals surface area contributed by atoms with Crippen LogP contribution < -0.4 is 10.8 Å². The molecule has 106 valence electrons. The molecule has 0 unspecified atom stereocenters. The van der Waals surface area contributed by atoms with Crippen molar-refractivity contribution in [3.05, 3.63) is 57.3 Å². The molecule has 0 saturated carbocycles. The highest BCUT2D eigenvalue weighted by Crippen LogP contribution is 2.25. The van der Waals surface area contributed by atoms with E-state index in [0.29, 0.717) is 11.3 Å². The third kappa shape index (κ3) is 1.98. The Hall–Kier alpha value is -2.69. The van der Waals surface area contributed by atoms with E-state index in [0.717, 1.165) is 16.8 Å². The van der Waals surface area contributed by atoms with Crippen molar-refractivity contribution in [2.24, 2.45) is 0 Å². The molecule has 0 spiro atoms. The molecule has 3 rings (SSSR count). The van der Waals surface area contributed by atoms with E-state index in [2.05, 4.69) is 10.1 Å². The first-order valence-corrected chi connectivity index (χ1v) is 6.66. The van der Waals surface area contributed by atoms with Crippen molar-refractivity contribution in [3.8, 4) is 11.1 Å². The van der Waals surface area contributed by atoms with Crippen molar-refractivity contribution in [1.82, 2.24) is 14.6 Å². The van der Waals surface area contributed by atoms with E-state index in [1.165, 1.54) is 11.4 Å². The summed E-state index contributed by atoms with van der Waals surface area (Å²) < 4.78 is 1.26. The third-order valence-electron chi connectivity index (χ3n) is 3.50. The van der Waals surface area contributed by atoms with Crippen molar-refractivity contribution in [2.75, 3.05) is 0 Å². The second-order valence-electron chi connectivity index (χ2n) is 5.02. The number of aromatic nitrogens is 3. The summed E-state index contributed by atoms with van der Waals surface area (Å²) in [6, 6.07) is 9.72. The highest BCUT2D eigenvalue weighted by Gasteiger charge is 2.16. The van der Waals surface area contributed by atoms with Gasteiger partial charge >= 0.3 is 0 Å². The van der Waals surface area contributed by atoms with Crippen molar-refractivity contribution in [1.29, 1.82) is 0 Å². The van der Waals surface area contributed by atoms with Crippen LogP contribution in [-0.4, -0.2) is 19.7 Å². The first kappa shape index (κ1) is 13.3. The lowest BCUT2D eigenvalue weighted by Crippen LogP contribution is -2.36. The Kier molecular flexibility index (Phi) is 2.97. The topological polar surface area (TPSA) is 67.5 Å². The molecule has 5 nitrogen and oxygen atoms in total. The Labute approximate surface area is 121 Å². The number of hydrogen-bond donors (Lipinski definition) is 1. The molecule has 0 fully saturated rings. The average Bonchev–Trinajstić information content (AvgIpc) is 2.76. The molecule has 3 aromatic rings. The van der Waals surface area contributed by atoms with Gasteiger partial charge in [-0.2, -0.15) is 9.61 Å². The maximum absolute atomic E-state index is 12.5. The summed E-state index contributed by atoms with van der Waals surface area (Å²) in [5.41, 5.74) is 3.23. The number of benzene rings is 1. The van der Waals surface area contributed by atoms with E-state index in [-0.39, 0.29) is 16.5 Å². The minimum absolute atomic E-state index is 0.0404. The first-order valence-electron chi connectivity index (χ1n) is 6.66. The third-order valence-corrected chi connectivity index (χ3v) is 3.50. The fraction of sp³-hybridized carbons (Fsp3) is 0.188. The molecule has 5 heteroatoms. The standard InChI is InChI=1S/C16H15N3O2/c1-9-13(11(3)20)16(21)19-15(17-9)14(10(2)18-19)12-7-5-4-6-8-12/h4-8,20H,1-3H3. The second kappa shape index (κ2) is 4.70. The number of aliphatic hydroxyl groups is 1. The fourth-order valence-corrected chi connectivity index (χ4v) is 2.59. The van der Waals surface area contributed by atoms with E-state index in [4.69, 9.17) is 0 Å². The lowest BCUT2D eigenvalue weighted by Gasteiger charge is -2.01. The zero-order chi connectivity index (χ0) is 15.1. The summed E-state index contributed by atoms with van der Waals surface area (Å²) in [6.45, 7) is 5.04. The number of rotatable bonds is 1. The van der Waals surface area contributed by atoms with Crippen molar-refractivity contribution in [3.63, 3.8) is 0 Å². The number of hydrogen-bond acceptors (Lipinski definition) is 4. The Morgan fingerprint density at radius 2 is 1.81 bits per heavy atom. The van der Waals surface area contributed by atoms with E-state index in [1.807, 2.05) is 37.3 Å². The normalized spacial score (nSPS) is 12.7. The average molecular weight is 281 g/mol. The van der Waals surface area contributed by atoms with Crippen LogP contribution in [0.4, 0.5) is 0 Å². The van der Waals surface area contributed by atoms with Crippen LogP contribution in [0.5, 0.6) is 0 Å². The molecular weight excluding hydrogens is 266 g/mol. The van der Waals surface area contributed by atoms with Crippen LogP contribution in [0.1, 0.15) is 18.3 Å². The summed E-state index contributed by atoms with van der Waals surface area (Å²) in [5.74, 6) is -0.0404. The molecule has 0 amide bonds. The molecular formula is C16H15N3O2. The van der Waals surface area contributed by atoms with E-state index >= 15 is 0 Å². The molecule has 0 atom stereocenters. The number of aliphatic hydroxyl groups excluding tert-OH is 1. The number of fused-ring (bicyclic) bond motifs is 1. The van der Waals surface area contributed by atoms with Crippen LogP contribution in [-0.2, 0) is 0 Å². The molecule has 0 saturated heterocycles. The predicted octanol–water partition coefficient (Wildman–Crippen LogP) is 1.78. The van der Waals surface area contributed by atoms with Gasteiger partial charge in [-0.1, -0.05) is 30.3 Å². The van der Waals surface area contributed by atoms with E-state index < -0.39 is 0 Å². The summed E-state index contributed by atoms with van der Waals surface area (Å²) in [6.07, 6.45) is 0. The van der Waals surface area contributed by atoms with Crippen molar-refractivity contribution >= 4 is 11.4 Å². The smallest absolute Gasteiger partial charge is 0.285 e. The molecule has 0 aliphatic heterocycles. The van der Waals surface area contributed by atoms with Gasteiger partial charge in [0.2, 0.25) is 0 Å². The van der Waals surface area contributed by atoms with Gasteiger partial charge in [0.05, 0.1) is 11.4 Å². The van der Waals surface area contributed by atoms with Gasteiger partial charge in [0.25, 0.3) is 5.56 Å². The maximum Gasteiger partial charge on any atom is 0.285 e. The molecule has 0 radical (unpaired) electrons. The quantitative estimate of drug-likeness (QED) is 0.738. The summed E-state index contributed by atoms with van der Waals surface area (Å²) >= 11 is 0. The van der Waals surface area contributed by atoms with Gasteiger partial charge < -0.3 is 5.11 Å². The summed E-state index contributed by atoms with van der Waals surface area (Å²) in [4.78, 5) is 16.9. The zero-order valence-electron chi connectivity index (χ0n) is 12.1. The molecule has 2 aromatic heterocycles. The molecule has 21 heavy (non-hydrogen) atoms. The van der Waals surface area contributed by atoms with Crippen molar-refractivity contribution < 1.29 is 5.11 Å². The van der Waals surface area contributed by atoms with E-state index in [1.54, 1.807) is 6.92 Å². The second-order valence-corrected chi connectivity index (χ2v) is 5.02. The molecule has 1 aromatic carbocycles. The van der Waals surface area contributed by atoms with Gasteiger partial charge in [0.1, 0.15) is 11.0 Å². The lowest BCUT2D eigenvalue weighted by atomic mass is 10.1. The van der Waals surface area contributed by atoms with Gasteiger partial charge in [-0.15, -0.1) is 0 Å². The highest BCUT2D eigenvalue weighted by atomic mass is 16.3. The van der Waals surface area contributed by atoms with Crippen LogP contribution in [0.3, 0.4) is 0 Å². The zero-order valence-corrected chi connectivity index (χ0v) is 12.1. The van der Waals surface area contributed by atoms with Crippen LogP contribution >= 0.6 is 0 Å². The monoisotopic (exact) mass is 281 g/mol. The number of aryl methyl sites for hydroxylation is 2. The van der Waals surface area contributed by atoms with Crippen LogP contribution in [0.15, 0.2) is 35.1 Å². The Morgan fingerprint density at radius 1 is 1.14 bits per heavy atom. The molecule has 2 heterocycles. The lowest BCUT2D eigenvalue weighted by molar-refractivity contribution is 0.496. The van der Waals surface area contributed by atoms with Crippen LogP contribution in [0.2, 0.25) is 0 Å². The minimum Gasteiger partial charge on any atom is -0.512 e. The minimum atomic E-state index is -0.345. The maximum atomic E-state index is 12.5. The van der Waals surface area contributed by atoms with Gasteiger partial charge in [-0.25, -0.2) is 4.98 Å². The SMILES string of the molecule is CC(O)=c1c(C)nc2c(-c3ccccc3)c(C)nn2c1=O. The molecule has 0 bridgehead atoms. The number of nitrogens with zero attached hydrogens (tertiary/aromatic N) is 3. The van der Waals surface area contributed by atoms with Gasteiger partial charge in [0, 0.05) is 5.56 Å². The molecule has 1 N–H and O–H groups in total. The first-order chi connectivity index (χ1) is 10.0. The summed E-state index contributed by atoms with van der Waals surface area (Å²) in [5, 5.41) is 14.2. The highest BCUT2D eigenvalue weighted by molar-refractivity contribution is 5.79. The molecule has 0 aliphatic rings. The largest absolute Gasteiger partial charge is 0.512 e. The fourth-order valence-electron chi connectivity index (χ4n) is 2.59. The molecule has 0 aliphatic carbocycles. The predicted molar refractivity (Wildman–Crippen MR) is 81.1 cm³/mol. The Bertz CT molecular complexity index is 939. The van der Waals surface area contributed by atoms with Crippen LogP contribution in [0.25, 0.3) is 22.5 Å². The van der Waals surface area contributed by atoms with Gasteiger partial charge in [0.15, 0.2) is 5.65 Å². The van der Waals surface area contributed by atoms with Gasteiger partial charge in [-0.3, -0.25) is 4.79 Å². The van der Waals surface area contributed by atoms with Crippen LogP contribution in [0, 0.1) is 13.8 Å². The Balaban J connectivity index is 2.49. The van der Waals surface area contributed by atoms with Crippen molar-refractivity contribution in [2.45, 2.75) is 20.8 Å².